The van der Waals surface area contributed by atoms with Crippen molar-refractivity contribution in [1.29, 1.82) is 0 Å². The molecule has 0 unspecified atom stereocenters. The predicted molar refractivity (Wildman–Crippen MR) is 133 cm³/mol. The molecule has 1 aromatic heterocycles. The molecule has 0 fully saturated rings. The third kappa shape index (κ3) is 5.17. The Morgan fingerprint density at radius 3 is 2.34 bits per heavy atom. The van der Waals surface area contributed by atoms with Gasteiger partial charge in [0.15, 0.2) is 0 Å². The lowest BCUT2D eigenvalue weighted by molar-refractivity contribution is -0.113. The van der Waals surface area contributed by atoms with Gasteiger partial charge in [-0.3, -0.25) is 4.79 Å². The summed E-state index contributed by atoms with van der Waals surface area (Å²) in [4.78, 5) is 22.5. The van der Waals surface area contributed by atoms with Crippen molar-refractivity contribution in [2.24, 2.45) is 0 Å². The van der Waals surface area contributed by atoms with Gasteiger partial charge in [-0.05, 0) is 49.1 Å². The molecule has 0 saturated heterocycles. The van der Waals surface area contributed by atoms with Gasteiger partial charge in [-0.15, -0.1) is 0 Å². The topological polar surface area (TPSA) is 54.9 Å². The van der Waals surface area contributed by atoms with E-state index in [2.05, 4.69) is 49.5 Å². The lowest BCUT2D eigenvalue weighted by Crippen LogP contribution is -2.16. The highest BCUT2D eigenvalue weighted by atomic mass is 32.2. The number of thioether (sulfide) groups is 1. The molecule has 0 aliphatic rings. The third-order valence-electron chi connectivity index (χ3n) is 5.44. The van der Waals surface area contributed by atoms with E-state index in [1.54, 1.807) is 0 Å². The fraction of sp³-hybridized carbons (Fsp3) is 0.222. The Labute approximate surface area is 193 Å². The maximum Gasteiger partial charge on any atom is 0.234 e. The average Bonchev–Trinajstić information content (AvgIpc) is 2.80. The van der Waals surface area contributed by atoms with Gasteiger partial charge in [0, 0.05) is 12.1 Å². The fourth-order valence-corrected chi connectivity index (χ4v) is 4.45. The Morgan fingerprint density at radius 2 is 1.62 bits per heavy atom. The Bertz CT molecular complexity index is 1250. The van der Waals surface area contributed by atoms with Crippen LogP contribution in [0.4, 0.5) is 5.69 Å². The van der Waals surface area contributed by atoms with Crippen LogP contribution in [0.2, 0.25) is 0 Å². The van der Waals surface area contributed by atoms with Crippen LogP contribution in [0.5, 0.6) is 0 Å². The first-order valence-corrected chi connectivity index (χ1v) is 11.8. The molecule has 1 N–H and O–H groups in total. The molecule has 4 nitrogen and oxygen atoms in total. The van der Waals surface area contributed by atoms with Crippen molar-refractivity contribution < 1.29 is 4.79 Å². The van der Waals surface area contributed by atoms with Crippen molar-refractivity contribution in [3.05, 3.63) is 94.7 Å². The maximum absolute atomic E-state index is 12.8. The number of hydrogen-bond acceptors (Lipinski definition) is 4. The fourth-order valence-electron chi connectivity index (χ4n) is 3.66. The van der Waals surface area contributed by atoms with Crippen LogP contribution in [0.1, 0.15) is 34.9 Å². The summed E-state index contributed by atoms with van der Waals surface area (Å²) in [6.45, 7) is 6.20. The summed E-state index contributed by atoms with van der Waals surface area (Å²) >= 11 is 1.45. The standard InChI is InChI=1S/C27H27N3OS/c1-4-21-9-7-8-19(3)26(21)30-25(31)17-32-27-24(16-20-14-12-18(2)13-15-20)28-22-10-5-6-11-23(22)29-27/h5-15H,4,16-17H2,1-3H3,(H,30,31). The van der Waals surface area contributed by atoms with Crippen LogP contribution < -0.4 is 5.32 Å². The van der Waals surface area contributed by atoms with Crippen molar-refractivity contribution in [2.45, 2.75) is 38.6 Å². The van der Waals surface area contributed by atoms with Gasteiger partial charge < -0.3 is 5.32 Å². The smallest absolute Gasteiger partial charge is 0.234 e. The normalized spacial score (nSPS) is 11.0. The molecule has 0 aliphatic heterocycles. The number of amides is 1. The van der Waals surface area contributed by atoms with E-state index < -0.39 is 0 Å². The zero-order valence-electron chi connectivity index (χ0n) is 18.7. The van der Waals surface area contributed by atoms with E-state index >= 15 is 0 Å². The number of nitrogens with one attached hydrogen (secondary N) is 1. The lowest BCUT2D eigenvalue weighted by atomic mass is 10.1. The van der Waals surface area contributed by atoms with E-state index in [1.165, 1.54) is 22.9 Å². The van der Waals surface area contributed by atoms with Crippen molar-refractivity contribution >= 4 is 34.4 Å². The molecule has 32 heavy (non-hydrogen) atoms. The van der Waals surface area contributed by atoms with E-state index in [9.17, 15) is 4.79 Å². The molecule has 4 aromatic rings. The summed E-state index contributed by atoms with van der Waals surface area (Å²) in [5, 5.41) is 3.91. The molecule has 0 aliphatic carbocycles. The van der Waals surface area contributed by atoms with Gasteiger partial charge in [0.25, 0.3) is 0 Å². The Balaban J connectivity index is 1.56. The summed E-state index contributed by atoms with van der Waals surface area (Å²) in [5.41, 5.74) is 8.17. The van der Waals surface area contributed by atoms with E-state index in [4.69, 9.17) is 9.97 Å². The van der Waals surface area contributed by atoms with Crippen molar-refractivity contribution in [1.82, 2.24) is 9.97 Å². The van der Waals surface area contributed by atoms with Gasteiger partial charge >= 0.3 is 0 Å². The molecule has 0 bridgehead atoms. The molecule has 1 heterocycles. The van der Waals surface area contributed by atoms with Gasteiger partial charge in [-0.25, -0.2) is 9.97 Å². The Kier molecular flexibility index (Phi) is 6.86. The lowest BCUT2D eigenvalue weighted by Gasteiger charge is -2.13. The molecule has 0 atom stereocenters. The summed E-state index contributed by atoms with van der Waals surface area (Å²) in [6, 6.07) is 22.4. The van der Waals surface area contributed by atoms with E-state index in [1.807, 2.05) is 43.3 Å². The van der Waals surface area contributed by atoms with Gasteiger partial charge in [0.2, 0.25) is 5.91 Å². The first kappa shape index (κ1) is 22.0. The molecule has 1 amide bonds. The highest BCUT2D eigenvalue weighted by Gasteiger charge is 2.14. The number of aromatic nitrogens is 2. The monoisotopic (exact) mass is 441 g/mol. The quantitative estimate of drug-likeness (QED) is 0.351. The minimum absolute atomic E-state index is 0.0322. The summed E-state index contributed by atoms with van der Waals surface area (Å²) in [5.74, 6) is 0.251. The number of hydrogen-bond donors (Lipinski definition) is 1. The molecule has 162 valence electrons. The highest BCUT2D eigenvalue weighted by Crippen LogP contribution is 2.26. The molecule has 3 aromatic carbocycles. The first-order chi connectivity index (χ1) is 15.5. The number of nitrogens with zero attached hydrogens (tertiary/aromatic N) is 2. The maximum atomic E-state index is 12.8. The van der Waals surface area contributed by atoms with Crippen LogP contribution in [-0.2, 0) is 17.6 Å². The van der Waals surface area contributed by atoms with Crippen molar-refractivity contribution in [2.75, 3.05) is 11.1 Å². The number of benzene rings is 3. The number of para-hydroxylation sites is 3. The second-order valence-electron chi connectivity index (χ2n) is 7.93. The Morgan fingerprint density at radius 1 is 0.906 bits per heavy atom. The van der Waals surface area contributed by atoms with E-state index in [0.29, 0.717) is 6.42 Å². The minimum atomic E-state index is -0.0322. The zero-order valence-corrected chi connectivity index (χ0v) is 19.5. The molecule has 5 heteroatoms. The van der Waals surface area contributed by atoms with Crippen LogP contribution in [0, 0.1) is 13.8 Å². The molecular weight excluding hydrogens is 414 g/mol. The van der Waals surface area contributed by atoms with Crippen LogP contribution in [0.15, 0.2) is 71.8 Å². The SMILES string of the molecule is CCc1cccc(C)c1NC(=O)CSc1nc2ccccc2nc1Cc1ccc(C)cc1. The Hall–Kier alpha value is -3.18. The van der Waals surface area contributed by atoms with Crippen LogP contribution in [0.3, 0.4) is 0 Å². The number of carbonyl (C=O) groups excluding carboxylic acids is 1. The summed E-state index contributed by atoms with van der Waals surface area (Å²) < 4.78 is 0. The van der Waals surface area contributed by atoms with E-state index in [-0.39, 0.29) is 11.7 Å². The van der Waals surface area contributed by atoms with Gasteiger partial charge in [-0.1, -0.05) is 78.8 Å². The third-order valence-corrected chi connectivity index (χ3v) is 6.45. The molecular formula is C27H27N3OS. The molecule has 4 rings (SSSR count). The molecule has 0 radical (unpaired) electrons. The number of aryl methyl sites for hydroxylation is 3. The van der Waals surface area contributed by atoms with Crippen LogP contribution in [0.25, 0.3) is 11.0 Å². The average molecular weight is 442 g/mol. The number of fused-ring (bicyclic) bond motifs is 1. The predicted octanol–water partition coefficient (Wildman–Crippen LogP) is 6.13. The van der Waals surface area contributed by atoms with Crippen molar-refractivity contribution in [3.8, 4) is 0 Å². The van der Waals surface area contributed by atoms with Gasteiger partial charge in [0.1, 0.15) is 5.03 Å². The number of anilines is 1. The van der Waals surface area contributed by atoms with E-state index in [0.717, 1.165) is 45.0 Å². The largest absolute Gasteiger partial charge is 0.325 e. The van der Waals surface area contributed by atoms with Gasteiger partial charge in [0.05, 0.1) is 22.5 Å². The van der Waals surface area contributed by atoms with Crippen LogP contribution >= 0.6 is 11.8 Å². The minimum Gasteiger partial charge on any atom is -0.325 e. The number of carbonyl (C=O) groups is 1. The highest BCUT2D eigenvalue weighted by molar-refractivity contribution is 8.00. The first-order valence-electron chi connectivity index (χ1n) is 10.9. The van der Waals surface area contributed by atoms with Gasteiger partial charge in [-0.2, -0.15) is 0 Å². The number of rotatable bonds is 7. The zero-order chi connectivity index (χ0) is 22.5. The molecule has 0 saturated carbocycles. The second kappa shape index (κ2) is 9.96. The summed E-state index contributed by atoms with van der Waals surface area (Å²) in [7, 11) is 0. The molecule has 0 spiro atoms. The summed E-state index contributed by atoms with van der Waals surface area (Å²) in [6.07, 6.45) is 1.56. The van der Waals surface area contributed by atoms with Crippen molar-refractivity contribution in [3.63, 3.8) is 0 Å². The second-order valence-corrected chi connectivity index (χ2v) is 8.89. The van der Waals surface area contributed by atoms with Crippen LogP contribution in [-0.4, -0.2) is 21.6 Å².